The normalized spacial score (nSPS) is 13.7. The van der Waals surface area contributed by atoms with Gasteiger partial charge in [-0.05, 0) is 57.6 Å². The van der Waals surface area contributed by atoms with Gasteiger partial charge in [-0.15, -0.1) is 0 Å². The zero-order valence-electron chi connectivity index (χ0n) is 14.9. The molecule has 9 heteroatoms. The second-order valence-corrected chi connectivity index (χ2v) is 8.13. The molecule has 1 unspecified atom stereocenters. The summed E-state index contributed by atoms with van der Waals surface area (Å²) >= 11 is 3.04. The van der Waals surface area contributed by atoms with Crippen LogP contribution in [0.5, 0.6) is 0 Å². The van der Waals surface area contributed by atoms with Gasteiger partial charge in [-0.3, -0.25) is 4.79 Å². The van der Waals surface area contributed by atoms with E-state index in [0.717, 1.165) is 0 Å². The Morgan fingerprint density at radius 3 is 1.92 bits per heavy atom. The number of aliphatic carboxylic acids is 1. The van der Waals surface area contributed by atoms with E-state index in [1.807, 2.05) is 12.5 Å². The van der Waals surface area contributed by atoms with Crippen molar-refractivity contribution in [2.75, 3.05) is 24.0 Å². The van der Waals surface area contributed by atoms with Crippen molar-refractivity contribution in [3.05, 3.63) is 0 Å². The highest BCUT2D eigenvalue weighted by Crippen LogP contribution is 2.09. The van der Waals surface area contributed by atoms with Crippen molar-refractivity contribution in [3.8, 4) is 0 Å². The molecule has 0 aliphatic rings. The summed E-state index contributed by atoms with van der Waals surface area (Å²) in [5, 5.41) is 14.2. The van der Waals surface area contributed by atoms with Crippen LogP contribution in [0.3, 0.4) is 0 Å². The number of carbonyl (C=O) groups is 3. The Balaban J connectivity index is 4.84. The van der Waals surface area contributed by atoms with Gasteiger partial charge in [0.25, 0.3) is 0 Å². The molecule has 0 aromatic carbocycles. The molecule has 0 fully saturated rings. The lowest BCUT2D eigenvalue weighted by Crippen LogP contribution is -2.52. The van der Waals surface area contributed by atoms with E-state index in [1.54, 1.807) is 20.8 Å². The number of amides is 2. The summed E-state index contributed by atoms with van der Waals surface area (Å²) in [6, 6.07) is -1.80. The zero-order chi connectivity index (χ0) is 18.8. The van der Waals surface area contributed by atoms with Gasteiger partial charge in [-0.2, -0.15) is 23.5 Å². The van der Waals surface area contributed by atoms with Gasteiger partial charge in [0.05, 0.1) is 0 Å². The summed E-state index contributed by atoms with van der Waals surface area (Å²) in [5.41, 5.74) is -0.674. The summed E-state index contributed by atoms with van der Waals surface area (Å²) in [5.74, 6) is -0.329. The smallest absolute Gasteiger partial charge is 0.408 e. The second-order valence-electron chi connectivity index (χ2n) is 6.16. The molecule has 2 atom stereocenters. The number of thioether (sulfide) groups is 2. The SMILES string of the molecule is CSCCC(NC(=O)[C@@H](CCSC)NC(=O)OC(C)(C)C)C(=O)O. The molecule has 2 amide bonds. The highest BCUT2D eigenvalue weighted by molar-refractivity contribution is 7.98. The fourth-order valence-electron chi connectivity index (χ4n) is 1.72. The third-order valence-corrected chi connectivity index (χ3v) is 4.13. The number of rotatable bonds is 10. The van der Waals surface area contributed by atoms with Crippen LogP contribution in [0, 0.1) is 0 Å². The minimum atomic E-state index is -1.08. The van der Waals surface area contributed by atoms with Crippen molar-refractivity contribution >= 4 is 41.5 Å². The number of ether oxygens (including phenoxy) is 1. The van der Waals surface area contributed by atoms with Crippen LogP contribution in [0.25, 0.3) is 0 Å². The third-order valence-electron chi connectivity index (χ3n) is 2.84. The van der Waals surface area contributed by atoms with E-state index in [-0.39, 0.29) is 0 Å². The summed E-state index contributed by atoms with van der Waals surface area (Å²) in [4.78, 5) is 35.5. The monoisotopic (exact) mass is 380 g/mol. The van der Waals surface area contributed by atoms with Crippen molar-refractivity contribution in [1.29, 1.82) is 0 Å². The van der Waals surface area contributed by atoms with Crippen LogP contribution in [0.2, 0.25) is 0 Å². The number of carboxylic acid groups (broad SMARTS) is 1. The lowest BCUT2D eigenvalue weighted by atomic mass is 10.1. The topological polar surface area (TPSA) is 105 Å². The predicted octanol–water partition coefficient (Wildman–Crippen LogP) is 1.96. The van der Waals surface area contributed by atoms with Gasteiger partial charge >= 0.3 is 12.1 Å². The van der Waals surface area contributed by atoms with Crippen molar-refractivity contribution in [3.63, 3.8) is 0 Å². The maximum Gasteiger partial charge on any atom is 0.408 e. The Morgan fingerprint density at radius 2 is 1.50 bits per heavy atom. The van der Waals surface area contributed by atoms with E-state index in [4.69, 9.17) is 4.74 Å². The molecule has 0 rings (SSSR count). The van der Waals surface area contributed by atoms with Crippen LogP contribution in [0.1, 0.15) is 33.6 Å². The quantitative estimate of drug-likeness (QED) is 0.532. The summed E-state index contributed by atoms with van der Waals surface area (Å²) in [6.45, 7) is 5.19. The number of alkyl carbamates (subject to hydrolysis) is 1. The first-order valence-electron chi connectivity index (χ1n) is 7.61. The first-order chi connectivity index (χ1) is 11.1. The van der Waals surface area contributed by atoms with Gasteiger partial charge in [0.15, 0.2) is 0 Å². The average molecular weight is 381 g/mol. The van der Waals surface area contributed by atoms with Crippen molar-refractivity contribution < 1.29 is 24.2 Å². The molecular weight excluding hydrogens is 352 g/mol. The van der Waals surface area contributed by atoms with Gasteiger partial charge in [-0.1, -0.05) is 0 Å². The molecule has 0 spiro atoms. The first kappa shape index (κ1) is 22.9. The van der Waals surface area contributed by atoms with E-state index in [1.165, 1.54) is 23.5 Å². The van der Waals surface area contributed by atoms with E-state index < -0.39 is 35.7 Å². The van der Waals surface area contributed by atoms with Gasteiger partial charge in [0.1, 0.15) is 17.7 Å². The molecule has 140 valence electrons. The highest BCUT2D eigenvalue weighted by Gasteiger charge is 2.27. The molecule has 7 nitrogen and oxygen atoms in total. The number of hydrogen-bond acceptors (Lipinski definition) is 6. The van der Waals surface area contributed by atoms with Crippen LogP contribution in [-0.4, -0.2) is 64.8 Å². The maximum absolute atomic E-state index is 12.4. The van der Waals surface area contributed by atoms with E-state index >= 15 is 0 Å². The minimum absolute atomic E-state index is 0.323. The molecule has 3 N–H and O–H groups in total. The molecule has 0 aliphatic heterocycles. The summed E-state index contributed by atoms with van der Waals surface area (Å²) in [7, 11) is 0. The maximum atomic E-state index is 12.4. The average Bonchev–Trinajstić information content (AvgIpc) is 2.45. The fourth-order valence-corrected chi connectivity index (χ4v) is 2.66. The van der Waals surface area contributed by atoms with Gasteiger partial charge < -0.3 is 20.5 Å². The predicted molar refractivity (Wildman–Crippen MR) is 98.7 cm³/mol. The Kier molecular flexibility index (Phi) is 10.9. The molecular formula is C15H28N2O5S2. The standard InChI is InChI=1S/C15H28N2O5S2/c1-15(2,3)22-14(21)17-10(6-8-23-4)12(18)16-11(13(19)20)7-9-24-5/h10-11H,6-9H2,1-5H3,(H,16,18)(H,17,21)(H,19,20)/t10-,11?/m1/s1. The van der Waals surface area contributed by atoms with Crippen molar-refractivity contribution in [2.24, 2.45) is 0 Å². The Morgan fingerprint density at radius 1 is 1.00 bits per heavy atom. The molecule has 0 aromatic rings. The Bertz CT molecular complexity index is 427. The van der Waals surface area contributed by atoms with Crippen molar-refractivity contribution in [1.82, 2.24) is 10.6 Å². The number of hydrogen-bond donors (Lipinski definition) is 3. The molecule has 0 saturated heterocycles. The van der Waals surface area contributed by atoms with Crippen LogP contribution >= 0.6 is 23.5 Å². The summed E-state index contributed by atoms with van der Waals surface area (Å²) in [6.07, 6.45) is 3.78. The highest BCUT2D eigenvalue weighted by atomic mass is 32.2. The lowest BCUT2D eigenvalue weighted by molar-refractivity contribution is -0.142. The number of nitrogens with one attached hydrogen (secondary N) is 2. The Labute approximate surface area is 152 Å². The van der Waals surface area contributed by atoms with Crippen molar-refractivity contribution in [2.45, 2.75) is 51.3 Å². The van der Waals surface area contributed by atoms with E-state index in [0.29, 0.717) is 24.3 Å². The van der Waals surface area contributed by atoms with Crippen LogP contribution in [-0.2, 0) is 14.3 Å². The van der Waals surface area contributed by atoms with Crippen LogP contribution in [0.15, 0.2) is 0 Å². The zero-order valence-corrected chi connectivity index (χ0v) is 16.5. The van der Waals surface area contributed by atoms with Gasteiger partial charge in [-0.25, -0.2) is 9.59 Å². The number of carbonyl (C=O) groups excluding carboxylic acids is 2. The largest absolute Gasteiger partial charge is 0.480 e. The van der Waals surface area contributed by atoms with Crippen LogP contribution in [0.4, 0.5) is 4.79 Å². The van der Waals surface area contributed by atoms with Gasteiger partial charge in [0.2, 0.25) is 5.91 Å². The van der Waals surface area contributed by atoms with E-state index in [9.17, 15) is 19.5 Å². The van der Waals surface area contributed by atoms with Gasteiger partial charge in [0, 0.05) is 0 Å². The first-order valence-corrected chi connectivity index (χ1v) is 10.4. The molecule has 0 aromatic heterocycles. The van der Waals surface area contributed by atoms with E-state index in [2.05, 4.69) is 10.6 Å². The summed E-state index contributed by atoms with van der Waals surface area (Å²) < 4.78 is 5.16. The molecule has 0 radical (unpaired) electrons. The number of carboxylic acids is 1. The Hall–Kier alpha value is -1.09. The molecule has 0 bridgehead atoms. The molecule has 0 saturated carbocycles. The minimum Gasteiger partial charge on any atom is -0.480 e. The second kappa shape index (κ2) is 11.5. The van der Waals surface area contributed by atoms with Crippen LogP contribution < -0.4 is 10.6 Å². The lowest BCUT2D eigenvalue weighted by Gasteiger charge is -2.24. The molecule has 0 heterocycles. The molecule has 0 aliphatic carbocycles. The molecule has 24 heavy (non-hydrogen) atoms. The third kappa shape index (κ3) is 10.6. The fraction of sp³-hybridized carbons (Fsp3) is 0.800.